The molecule has 1 aromatic rings. The highest BCUT2D eigenvalue weighted by Crippen LogP contribution is 2.08. The molecule has 0 atom stereocenters. The van der Waals surface area contributed by atoms with Gasteiger partial charge < -0.3 is 10.8 Å². The third kappa shape index (κ3) is 5.17. The highest BCUT2D eigenvalue weighted by Gasteiger charge is 1.84. The average Bonchev–Trinajstić information content (AvgIpc) is 1.88. The van der Waals surface area contributed by atoms with E-state index in [0.717, 1.165) is 0 Å². The summed E-state index contributed by atoms with van der Waals surface area (Å²) >= 11 is 5.50. The molecular weight excluding hydrogens is 168 g/mol. The Bertz CT molecular complexity index is 212. The predicted octanol–water partition coefficient (Wildman–Crippen LogP) is 1.02. The van der Waals surface area contributed by atoms with Crippen molar-refractivity contribution in [3.05, 3.63) is 23.5 Å². The molecule has 60 valence electrons. The Morgan fingerprint density at radius 1 is 1.64 bits per heavy atom. The van der Waals surface area contributed by atoms with Crippen molar-refractivity contribution in [3.63, 3.8) is 0 Å². The Balaban J connectivity index is 0.000000292. The standard InChI is InChI=1S/C5H5ClN2.CH2O2/c6-4-1-5(7)3-8-2-4;2-1-3/h1-3H,7H2;1H,(H,2,3). The fraction of sp³-hybridized carbons (Fsp3) is 0. The van der Waals surface area contributed by atoms with Gasteiger partial charge in [0.05, 0.1) is 10.7 Å². The monoisotopic (exact) mass is 174 g/mol. The van der Waals surface area contributed by atoms with Crippen molar-refractivity contribution in [3.8, 4) is 0 Å². The number of anilines is 1. The largest absolute Gasteiger partial charge is 0.483 e. The summed E-state index contributed by atoms with van der Waals surface area (Å²) in [6.45, 7) is -0.250. The van der Waals surface area contributed by atoms with Crippen LogP contribution >= 0.6 is 11.6 Å². The molecule has 0 amide bonds. The van der Waals surface area contributed by atoms with E-state index in [9.17, 15) is 0 Å². The van der Waals surface area contributed by atoms with Gasteiger partial charge in [-0.3, -0.25) is 9.78 Å². The zero-order valence-corrected chi connectivity index (χ0v) is 6.32. The molecule has 0 saturated heterocycles. The molecule has 1 rings (SSSR count). The van der Waals surface area contributed by atoms with E-state index in [2.05, 4.69) is 4.98 Å². The summed E-state index contributed by atoms with van der Waals surface area (Å²) in [5, 5.41) is 7.46. The first-order chi connectivity index (χ1) is 5.20. The number of carboxylic acid groups (broad SMARTS) is 1. The molecule has 11 heavy (non-hydrogen) atoms. The Hall–Kier alpha value is -1.29. The van der Waals surface area contributed by atoms with E-state index >= 15 is 0 Å². The van der Waals surface area contributed by atoms with Crippen LogP contribution < -0.4 is 5.73 Å². The second-order valence-corrected chi connectivity index (χ2v) is 1.98. The smallest absolute Gasteiger partial charge is 0.290 e. The maximum absolute atomic E-state index is 8.36. The highest BCUT2D eigenvalue weighted by atomic mass is 35.5. The predicted molar refractivity (Wildman–Crippen MR) is 42.4 cm³/mol. The second kappa shape index (κ2) is 5.49. The highest BCUT2D eigenvalue weighted by molar-refractivity contribution is 6.30. The molecule has 1 heterocycles. The number of carbonyl (C=O) groups is 1. The molecule has 0 fully saturated rings. The minimum absolute atomic E-state index is 0.250. The first-order valence-corrected chi connectivity index (χ1v) is 3.02. The number of nitrogens with zero attached hydrogens (tertiary/aromatic N) is 1. The number of aromatic nitrogens is 1. The Morgan fingerprint density at radius 3 is 2.45 bits per heavy atom. The minimum atomic E-state index is -0.250. The minimum Gasteiger partial charge on any atom is -0.483 e. The van der Waals surface area contributed by atoms with Gasteiger partial charge in [0, 0.05) is 12.4 Å². The molecule has 5 heteroatoms. The number of halogens is 1. The van der Waals surface area contributed by atoms with Crippen LogP contribution in [-0.2, 0) is 4.79 Å². The van der Waals surface area contributed by atoms with Crippen molar-refractivity contribution in [1.29, 1.82) is 0 Å². The summed E-state index contributed by atoms with van der Waals surface area (Å²) in [5.41, 5.74) is 5.91. The van der Waals surface area contributed by atoms with E-state index < -0.39 is 0 Å². The van der Waals surface area contributed by atoms with Gasteiger partial charge in [0.1, 0.15) is 0 Å². The summed E-state index contributed by atoms with van der Waals surface area (Å²) in [5.74, 6) is 0. The van der Waals surface area contributed by atoms with E-state index in [0.29, 0.717) is 10.7 Å². The molecule has 0 aliphatic heterocycles. The molecule has 0 radical (unpaired) electrons. The van der Waals surface area contributed by atoms with Crippen molar-refractivity contribution >= 4 is 23.8 Å². The molecule has 0 bridgehead atoms. The summed E-state index contributed by atoms with van der Waals surface area (Å²) in [6, 6.07) is 1.65. The van der Waals surface area contributed by atoms with Gasteiger partial charge >= 0.3 is 0 Å². The van der Waals surface area contributed by atoms with Crippen molar-refractivity contribution in [2.75, 3.05) is 5.73 Å². The number of rotatable bonds is 0. The van der Waals surface area contributed by atoms with Crippen molar-refractivity contribution in [2.45, 2.75) is 0 Å². The molecule has 0 aliphatic carbocycles. The van der Waals surface area contributed by atoms with Crippen LogP contribution in [0, 0.1) is 0 Å². The van der Waals surface area contributed by atoms with Crippen LogP contribution in [0.3, 0.4) is 0 Å². The van der Waals surface area contributed by atoms with Crippen LogP contribution in [0.5, 0.6) is 0 Å². The van der Waals surface area contributed by atoms with Crippen LogP contribution in [0.25, 0.3) is 0 Å². The van der Waals surface area contributed by atoms with Gasteiger partial charge in [-0.1, -0.05) is 11.6 Å². The van der Waals surface area contributed by atoms with Gasteiger partial charge in [0.15, 0.2) is 0 Å². The fourth-order valence-electron chi connectivity index (χ4n) is 0.428. The molecule has 0 aliphatic rings. The van der Waals surface area contributed by atoms with Gasteiger partial charge in [0.2, 0.25) is 0 Å². The maximum Gasteiger partial charge on any atom is 0.290 e. The fourth-order valence-corrected chi connectivity index (χ4v) is 0.611. The molecule has 4 nitrogen and oxygen atoms in total. The van der Waals surface area contributed by atoms with Gasteiger partial charge in [-0.15, -0.1) is 0 Å². The number of nitrogens with two attached hydrogens (primary N) is 1. The zero-order chi connectivity index (χ0) is 8.69. The maximum atomic E-state index is 8.36. The quantitative estimate of drug-likeness (QED) is 0.576. The van der Waals surface area contributed by atoms with Gasteiger partial charge in [-0.25, -0.2) is 0 Å². The topological polar surface area (TPSA) is 76.2 Å². The van der Waals surface area contributed by atoms with E-state index in [1.165, 1.54) is 6.20 Å². The van der Waals surface area contributed by atoms with E-state index in [4.69, 9.17) is 27.2 Å². The van der Waals surface area contributed by atoms with Crippen LogP contribution in [0.15, 0.2) is 18.5 Å². The molecule has 0 spiro atoms. The number of pyridine rings is 1. The lowest BCUT2D eigenvalue weighted by molar-refractivity contribution is -0.122. The summed E-state index contributed by atoms with van der Waals surface area (Å²) in [7, 11) is 0. The third-order valence-corrected chi connectivity index (χ3v) is 0.933. The Morgan fingerprint density at radius 2 is 2.18 bits per heavy atom. The lowest BCUT2D eigenvalue weighted by Gasteiger charge is -1.88. The Labute approximate surface area is 68.6 Å². The van der Waals surface area contributed by atoms with Gasteiger partial charge in [0.25, 0.3) is 6.47 Å². The van der Waals surface area contributed by atoms with Crippen LogP contribution in [0.4, 0.5) is 5.69 Å². The lowest BCUT2D eigenvalue weighted by Crippen LogP contribution is -1.83. The van der Waals surface area contributed by atoms with Crippen molar-refractivity contribution in [1.82, 2.24) is 4.98 Å². The lowest BCUT2D eigenvalue weighted by atomic mass is 10.4. The van der Waals surface area contributed by atoms with Crippen LogP contribution in [0.2, 0.25) is 5.02 Å². The molecule has 3 N–H and O–H groups in total. The molecule has 0 aromatic carbocycles. The van der Waals surface area contributed by atoms with Gasteiger partial charge in [-0.05, 0) is 6.07 Å². The van der Waals surface area contributed by atoms with Crippen molar-refractivity contribution in [2.24, 2.45) is 0 Å². The molecule has 0 unspecified atom stereocenters. The summed E-state index contributed by atoms with van der Waals surface area (Å²) in [4.78, 5) is 12.1. The summed E-state index contributed by atoms with van der Waals surface area (Å²) in [6.07, 6.45) is 3.09. The molecule has 1 aromatic heterocycles. The van der Waals surface area contributed by atoms with E-state index in [1.54, 1.807) is 12.3 Å². The number of nitrogen functional groups attached to an aromatic ring is 1. The van der Waals surface area contributed by atoms with E-state index in [-0.39, 0.29) is 6.47 Å². The van der Waals surface area contributed by atoms with E-state index in [1.807, 2.05) is 0 Å². The average molecular weight is 175 g/mol. The second-order valence-electron chi connectivity index (χ2n) is 1.54. The molecule has 0 saturated carbocycles. The zero-order valence-electron chi connectivity index (χ0n) is 5.57. The normalized spacial score (nSPS) is 7.73. The van der Waals surface area contributed by atoms with Gasteiger partial charge in [-0.2, -0.15) is 0 Å². The summed E-state index contributed by atoms with van der Waals surface area (Å²) < 4.78 is 0. The van der Waals surface area contributed by atoms with Crippen LogP contribution in [0.1, 0.15) is 0 Å². The van der Waals surface area contributed by atoms with Crippen LogP contribution in [-0.4, -0.2) is 16.6 Å². The van der Waals surface area contributed by atoms with Crippen molar-refractivity contribution < 1.29 is 9.90 Å². The number of hydrogen-bond acceptors (Lipinski definition) is 3. The first-order valence-electron chi connectivity index (χ1n) is 2.64. The molecular formula is C6H7ClN2O2. The SMILES string of the molecule is Nc1cncc(Cl)c1.O=CO. The first kappa shape index (κ1) is 9.71. The number of hydrogen-bond donors (Lipinski definition) is 2. The Kier molecular flexibility index (Phi) is 4.85. The third-order valence-electron chi connectivity index (χ3n) is 0.726.